The predicted molar refractivity (Wildman–Crippen MR) is 74.9 cm³/mol. The van der Waals surface area contributed by atoms with Crippen LogP contribution in [0.4, 0.5) is 5.13 Å². The fraction of sp³-hybridized carbons (Fsp3) is 0.692. The van der Waals surface area contributed by atoms with Crippen molar-refractivity contribution in [1.82, 2.24) is 10.3 Å². The number of carbonyl (C=O) groups is 1. The Hall–Kier alpha value is -1.10. The summed E-state index contributed by atoms with van der Waals surface area (Å²) in [6.07, 6.45) is 4.14. The van der Waals surface area contributed by atoms with Crippen LogP contribution >= 0.6 is 11.3 Å². The summed E-state index contributed by atoms with van der Waals surface area (Å²) in [6.45, 7) is 7.58. The lowest BCUT2D eigenvalue weighted by atomic mass is 9.95. The Morgan fingerprint density at radius 3 is 3.00 bits per heavy atom. The molecule has 1 aromatic heterocycles. The van der Waals surface area contributed by atoms with Crippen molar-refractivity contribution >= 4 is 22.4 Å². The molecule has 0 bridgehead atoms. The number of rotatable bonds is 3. The Morgan fingerprint density at radius 2 is 2.39 bits per heavy atom. The maximum Gasteiger partial charge on any atom is 0.225 e. The average Bonchev–Trinajstić information content (AvgIpc) is 2.94. The quantitative estimate of drug-likeness (QED) is 0.914. The molecule has 18 heavy (non-hydrogen) atoms. The lowest BCUT2D eigenvalue weighted by molar-refractivity contribution is -0.128. The number of amides is 1. The van der Waals surface area contributed by atoms with Crippen LogP contribution < -0.4 is 10.2 Å². The number of hydrogen-bond donors (Lipinski definition) is 1. The van der Waals surface area contributed by atoms with E-state index in [9.17, 15) is 4.79 Å². The molecule has 1 N–H and O–H groups in total. The summed E-state index contributed by atoms with van der Waals surface area (Å²) in [5, 5.41) is 6.12. The highest BCUT2D eigenvalue weighted by molar-refractivity contribution is 7.13. The maximum absolute atomic E-state index is 11.9. The third-order valence-electron chi connectivity index (χ3n) is 3.22. The third kappa shape index (κ3) is 3.02. The molecule has 100 valence electrons. The van der Waals surface area contributed by atoms with Gasteiger partial charge in [0.05, 0.1) is 0 Å². The van der Waals surface area contributed by atoms with Gasteiger partial charge in [-0.3, -0.25) is 4.79 Å². The highest BCUT2D eigenvalue weighted by Gasteiger charge is 2.28. The molecule has 0 saturated carbocycles. The van der Waals surface area contributed by atoms with Gasteiger partial charge in [-0.2, -0.15) is 0 Å². The molecule has 1 aliphatic rings. The number of thiazole rings is 1. The molecule has 0 aromatic carbocycles. The number of aromatic nitrogens is 1. The zero-order chi connectivity index (χ0) is 13.2. The van der Waals surface area contributed by atoms with Crippen LogP contribution in [0.5, 0.6) is 0 Å². The maximum atomic E-state index is 11.9. The molecule has 1 aliphatic heterocycles. The molecule has 2 rings (SSSR count). The van der Waals surface area contributed by atoms with Crippen LogP contribution in [0, 0.1) is 5.41 Å². The van der Waals surface area contributed by atoms with Crippen LogP contribution in [-0.4, -0.2) is 30.0 Å². The number of anilines is 1. The molecule has 5 heteroatoms. The molecule has 1 fully saturated rings. The highest BCUT2D eigenvalue weighted by atomic mass is 32.1. The Morgan fingerprint density at radius 1 is 1.61 bits per heavy atom. The second kappa shape index (κ2) is 5.26. The number of nitrogens with one attached hydrogen (secondary N) is 1. The van der Waals surface area contributed by atoms with Crippen LogP contribution in [-0.2, 0) is 4.79 Å². The van der Waals surface area contributed by atoms with Crippen molar-refractivity contribution in [2.75, 3.05) is 18.0 Å². The van der Waals surface area contributed by atoms with E-state index >= 15 is 0 Å². The minimum atomic E-state index is -0.315. The van der Waals surface area contributed by atoms with Crippen molar-refractivity contribution in [2.24, 2.45) is 5.41 Å². The summed E-state index contributed by atoms with van der Waals surface area (Å²) >= 11 is 1.67. The first-order valence-corrected chi connectivity index (χ1v) is 7.31. The molecular weight excluding hydrogens is 246 g/mol. The molecule has 1 saturated heterocycles. The van der Waals surface area contributed by atoms with Crippen LogP contribution in [0.1, 0.15) is 33.6 Å². The summed E-state index contributed by atoms with van der Waals surface area (Å²) in [5.74, 6) is 0.119. The molecule has 0 radical (unpaired) electrons. The van der Waals surface area contributed by atoms with Crippen LogP contribution in [0.25, 0.3) is 0 Å². The van der Waals surface area contributed by atoms with Crippen molar-refractivity contribution in [3.63, 3.8) is 0 Å². The van der Waals surface area contributed by atoms with Gasteiger partial charge in [0.25, 0.3) is 0 Å². The number of hydrogen-bond acceptors (Lipinski definition) is 4. The van der Waals surface area contributed by atoms with Gasteiger partial charge >= 0.3 is 0 Å². The number of nitrogens with zero attached hydrogens (tertiary/aromatic N) is 2. The highest BCUT2D eigenvalue weighted by Crippen LogP contribution is 2.26. The van der Waals surface area contributed by atoms with E-state index in [0.717, 1.165) is 24.6 Å². The largest absolute Gasteiger partial charge is 0.354 e. The van der Waals surface area contributed by atoms with Gasteiger partial charge in [-0.1, -0.05) is 20.8 Å². The minimum absolute atomic E-state index is 0.119. The summed E-state index contributed by atoms with van der Waals surface area (Å²) in [4.78, 5) is 18.5. The lowest BCUT2D eigenvalue weighted by Crippen LogP contribution is -2.43. The zero-order valence-corrected chi connectivity index (χ0v) is 12.1. The first kappa shape index (κ1) is 13.3. The van der Waals surface area contributed by atoms with Gasteiger partial charge in [-0.15, -0.1) is 11.3 Å². The first-order valence-electron chi connectivity index (χ1n) is 6.43. The fourth-order valence-corrected chi connectivity index (χ4v) is 2.87. The molecule has 2 heterocycles. The van der Waals surface area contributed by atoms with E-state index < -0.39 is 0 Å². The van der Waals surface area contributed by atoms with Crippen molar-refractivity contribution in [3.05, 3.63) is 11.6 Å². The van der Waals surface area contributed by atoms with Gasteiger partial charge < -0.3 is 10.2 Å². The van der Waals surface area contributed by atoms with Crippen molar-refractivity contribution in [1.29, 1.82) is 0 Å². The molecular formula is C13H21N3OS. The third-order valence-corrected chi connectivity index (χ3v) is 4.03. The molecule has 1 unspecified atom stereocenters. The second-order valence-corrected chi connectivity index (χ2v) is 6.64. The van der Waals surface area contributed by atoms with Crippen LogP contribution in [0.15, 0.2) is 11.6 Å². The van der Waals surface area contributed by atoms with E-state index in [0.29, 0.717) is 6.04 Å². The smallest absolute Gasteiger partial charge is 0.225 e. The van der Waals surface area contributed by atoms with Gasteiger partial charge in [0.15, 0.2) is 5.13 Å². The number of carbonyl (C=O) groups excluding carboxylic acids is 1. The Kier molecular flexibility index (Phi) is 3.90. The fourth-order valence-electron chi connectivity index (χ4n) is 2.13. The van der Waals surface area contributed by atoms with Crippen molar-refractivity contribution in [2.45, 2.75) is 39.7 Å². The summed E-state index contributed by atoms with van der Waals surface area (Å²) in [6, 6.07) is 0.391. The molecule has 0 aliphatic carbocycles. The normalized spacial score (nSPS) is 20.2. The van der Waals surface area contributed by atoms with Gasteiger partial charge in [0, 0.05) is 36.1 Å². The standard InChI is InChI=1S/C13H21N3OS/c1-13(2,3)11(17)15-9-10-5-4-7-16(10)12-14-6-8-18-12/h6,8,10H,4-5,7,9H2,1-3H3,(H,15,17). The van der Waals surface area contributed by atoms with Gasteiger partial charge in [-0.25, -0.2) is 4.98 Å². The van der Waals surface area contributed by atoms with Crippen molar-refractivity contribution in [3.8, 4) is 0 Å². The van der Waals surface area contributed by atoms with Crippen LogP contribution in [0.2, 0.25) is 0 Å². The SMILES string of the molecule is CC(C)(C)C(=O)NCC1CCCN1c1nccs1. The summed E-state index contributed by atoms with van der Waals surface area (Å²) in [5.41, 5.74) is -0.315. The van der Waals surface area contributed by atoms with E-state index in [2.05, 4.69) is 15.2 Å². The molecule has 0 spiro atoms. The Labute approximate surface area is 112 Å². The van der Waals surface area contributed by atoms with E-state index in [1.165, 1.54) is 6.42 Å². The van der Waals surface area contributed by atoms with Crippen molar-refractivity contribution < 1.29 is 4.79 Å². The summed E-state index contributed by atoms with van der Waals surface area (Å²) < 4.78 is 0. The summed E-state index contributed by atoms with van der Waals surface area (Å²) in [7, 11) is 0. The lowest BCUT2D eigenvalue weighted by Gasteiger charge is -2.26. The minimum Gasteiger partial charge on any atom is -0.354 e. The Bertz CT molecular complexity index is 397. The topological polar surface area (TPSA) is 45.2 Å². The molecule has 1 amide bonds. The Balaban J connectivity index is 1.91. The van der Waals surface area contributed by atoms with E-state index in [-0.39, 0.29) is 11.3 Å². The first-order chi connectivity index (χ1) is 8.48. The van der Waals surface area contributed by atoms with E-state index in [4.69, 9.17) is 0 Å². The predicted octanol–water partition coefficient (Wildman–Crippen LogP) is 2.27. The van der Waals surface area contributed by atoms with Gasteiger partial charge in [0.2, 0.25) is 5.91 Å². The van der Waals surface area contributed by atoms with Crippen LogP contribution in [0.3, 0.4) is 0 Å². The average molecular weight is 267 g/mol. The monoisotopic (exact) mass is 267 g/mol. The van der Waals surface area contributed by atoms with Gasteiger partial charge in [-0.05, 0) is 12.8 Å². The van der Waals surface area contributed by atoms with E-state index in [1.807, 2.05) is 32.3 Å². The molecule has 1 atom stereocenters. The van der Waals surface area contributed by atoms with Gasteiger partial charge in [0.1, 0.15) is 0 Å². The second-order valence-electron chi connectivity index (χ2n) is 5.76. The molecule has 4 nitrogen and oxygen atoms in total. The zero-order valence-electron chi connectivity index (χ0n) is 11.3. The van der Waals surface area contributed by atoms with E-state index in [1.54, 1.807) is 11.3 Å². The molecule has 1 aromatic rings.